The third-order valence-electron chi connectivity index (χ3n) is 7.63. The Morgan fingerprint density at radius 2 is 1.89 bits per heavy atom. The quantitative estimate of drug-likeness (QED) is 0.213. The predicted octanol–water partition coefficient (Wildman–Crippen LogP) is 6.70. The van der Waals surface area contributed by atoms with Crippen molar-refractivity contribution in [3.63, 3.8) is 0 Å². The lowest BCUT2D eigenvalue weighted by molar-refractivity contribution is 0.0643. The molecule has 0 spiro atoms. The van der Waals surface area contributed by atoms with Gasteiger partial charge in [-0.25, -0.2) is 24.1 Å². The van der Waals surface area contributed by atoms with E-state index in [1.54, 1.807) is 33.4 Å². The number of thiazole rings is 1. The minimum Gasteiger partial charge on any atom is -0.489 e. The molecule has 1 N–H and O–H groups in total. The molecule has 222 valence electrons. The van der Waals surface area contributed by atoms with Crippen molar-refractivity contribution >= 4 is 50.1 Å². The Balaban J connectivity index is 1.15. The van der Waals surface area contributed by atoms with E-state index in [0.29, 0.717) is 58.6 Å². The van der Waals surface area contributed by atoms with Crippen LogP contribution in [0.4, 0.5) is 20.7 Å². The van der Waals surface area contributed by atoms with E-state index in [9.17, 15) is 4.79 Å². The zero-order valence-electron chi connectivity index (χ0n) is 23.8. The van der Waals surface area contributed by atoms with Gasteiger partial charge in [0.2, 0.25) is 0 Å². The second-order valence-corrected chi connectivity index (χ2v) is 11.4. The molecule has 0 bridgehead atoms. The van der Waals surface area contributed by atoms with Gasteiger partial charge in [-0.15, -0.1) is 11.3 Å². The van der Waals surface area contributed by atoms with E-state index in [4.69, 9.17) is 9.47 Å². The number of halogens is 1. The minimum absolute atomic E-state index is 0.168. The Hall–Kier alpha value is -5.10. The first kappa shape index (κ1) is 27.7. The van der Waals surface area contributed by atoms with Gasteiger partial charge in [-0.3, -0.25) is 4.68 Å². The number of rotatable bonds is 7. The highest BCUT2D eigenvalue weighted by Gasteiger charge is 2.26. The largest absolute Gasteiger partial charge is 0.489 e. The van der Waals surface area contributed by atoms with Gasteiger partial charge in [0.1, 0.15) is 30.6 Å². The molecule has 7 rings (SSSR count). The van der Waals surface area contributed by atoms with E-state index in [-0.39, 0.29) is 24.5 Å². The number of ether oxygens (including phenoxy) is 2. The van der Waals surface area contributed by atoms with Crippen LogP contribution < -0.4 is 10.1 Å². The summed E-state index contributed by atoms with van der Waals surface area (Å²) >= 11 is 1.25. The third kappa shape index (κ3) is 5.63. The van der Waals surface area contributed by atoms with Gasteiger partial charge in [0.15, 0.2) is 5.82 Å². The number of likely N-dealkylation sites (tertiary alicyclic amines) is 1. The van der Waals surface area contributed by atoms with Crippen LogP contribution in [0.5, 0.6) is 5.75 Å². The van der Waals surface area contributed by atoms with Crippen LogP contribution in [0.3, 0.4) is 0 Å². The molecule has 4 heterocycles. The van der Waals surface area contributed by atoms with Gasteiger partial charge in [-0.1, -0.05) is 30.3 Å². The van der Waals surface area contributed by atoms with Gasteiger partial charge in [-0.2, -0.15) is 5.10 Å². The molecule has 0 saturated carbocycles. The van der Waals surface area contributed by atoms with Gasteiger partial charge < -0.3 is 19.7 Å². The van der Waals surface area contributed by atoms with Crippen molar-refractivity contribution in [2.45, 2.75) is 25.6 Å². The summed E-state index contributed by atoms with van der Waals surface area (Å²) in [4.78, 5) is 27.7. The maximum atomic E-state index is 15.4. The highest BCUT2D eigenvalue weighted by Crippen LogP contribution is 2.38. The summed E-state index contributed by atoms with van der Waals surface area (Å²) in [6.45, 7) is 1.23. The number of hydrogen-bond acceptors (Lipinski definition) is 9. The maximum absolute atomic E-state index is 15.4. The second-order valence-electron chi connectivity index (χ2n) is 10.6. The number of nitrogens with zero attached hydrogens (tertiary/aromatic N) is 6. The van der Waals surface area contributed by atoms with Gasteiger partial charge in [0.25, 0.3) is 0 Å². The van der Waals surface area contributed by atoms with Crippen LogP contribution in [0.25, 0.3) is 32.2 Å². The lowest BCUT2D eigenvalue weighted by Gasteiger charge is -2.32. The number of nitrogens with one attached hydrogen (secondary N) is 1. The molecule has 1 amide bonds. The normalized spacial score (nSPS) is 13.8. The van der Waals surface area contributed by atoms with Crippen LogP contribution in [0.2, 0.25) is 0 Å². The fourth-order valence-electron chi connectivity index (χ4n) is 5.34. The molecule has 6 aromatic rings. The highest BCUT2D eigenvalue weighted by molar-refractivity contribution is 7.16. The van der Waals surface area contributed by atoms with E-state index < -0.39 is 5.82 Å². The lowest BCUT2D eigenvalue weighted by Crippen LogP contribution is -2.42. The molecule has 0 aliphatic carbocycles. The number of fused-ring (bicyclic) bond motifs is 2. The molecule has 44 heavy (non-hydrogen) atoms. The van der Waals surface area contributed by atoms with E-state index >= 15 is 4.39 Å². The van der Waals surface area contributed by atoms with Gasteiger partial charge in [-0.05, 0) is 35.4 Å². The van der Waals surface area contributed by atoms with E-state index in [1.165, 1.54) is 17.7 Å². The summed E-state index contributed by atoms with van der Waals surface area (Å²) in [7, 11) is 1.86. The van der Waals surface area contributed by atoms with Gasteiger partial charge in [0.05, 0.1) is 38.5 Å². The van der Waals surface area contributed by atoms with Gasteiger partial charge in [0, 0.05) is 44.7 Å². The van der Waals surface area contributed by atoms with Crippen molar-refractivity contribution in [3.05, 3.63) is 90.2 Å². The molecule has 1 saturated heterocycles. The number of hydrogen-bond donors (Lipinski definition) is 1. The zero-order chi connectivity index (χ0) is 30.0. The fourth-order valence-corrected chi connectivity index (χ4v) is 6.07. The van der Waals surface area contributed by atoms with E-state index in [2.05, 4.69) is 25.4 Å². The van der Waals surface area contributed by atoms with Crippen LogP contribution in [0, 0.1) is 5.82 Å². The first-order valence-corrected chi connectivity index (χ1v) is 15.1. The van der Waals surface area contributed by atoms with Crippen LogP contribution in [0.1, 0.15) is 18.4 Å². The monoisotopic (exact) mass is 609 g/mol. The summed E-state index contributed by atoms with van der Waals surface area (Å²) in [5.41, 5.74) is 5.88. The number of anilines is 2. The topological polar surface area (TPSA) is 107 Å². The predicted molar refractivity (Wildman–Crippen MR) is 166 cm³/mol. The van der Waals surface area contributed by atoms with Crippen molar-refractivity contribution < 1.29 is 18.7 Å². The first-order chi connectivity index (χ1) is 21.5. The molecular weight excluding hydrogens is 581 g/mol. The second kappa shape index (κ2) is 11.9. The molecule has 3 aromatic carbocycles. The first-order valence-electron chi connectivity index (χ1n) is 14.2. The van der Waals surface area contributed by atoms with Crippen molar-refractivity contribution in [2.75, 3.05) is 18.4 Å². The Morgan fingerprint density at radius 3 is 2.68 bits per heavy atom. The lowest BCUT2D eigenvalue weighted by atomic mass is 10.0. The molecule has 0 unspecified atom stereocenters. The van der Waals surface area contributed by atoms with E-state index in [0.717, 1.165) is 16.7 Å². The Bertz CT molecular complexity index is 1950. The Labute approximate surface area is 256 Å². The molecular formula is C32H28FN7O3S. The molecule has 0 atom stereocenters. The number of aryl methyl sites for hydroxylation is 1. The Morgan fingerprint density at radius 1 is 1.05 bits per heavy atom. The summed E-state index contributed by atoms with van der Waals surface area (Å²) in [6.07, 6.45) is 5.88. The fraction of sp³-hybridized carbons (Fsp3) is 0.219. The number of carbonyl (C=O) groups excluding carboxylic acids is 1. The Kier molecular flexibility index (Phi) is 7.49. The molecule has 3 aromatic heterocycles. The van der Waals surface area contributed by atoms with Crippen LogP contribution in [0.15, 0.2) is 78.8 Å². The van der Waals surface area contributed by atoms with Crippen LogP contribution in [-0.2, 0) is 18.4 Å². The third-order valence-corrected chi connectivity index (χ3v) is 8.47. The van der Waals surface area contributed by atoms with Crippen LogP contribution >= 0.6 is 11.3 Å². The summed E-state index contributed by atoms with van der Waals surface area (Å²) in [6, 6.07) is 16.9. The summed E-state index contributed by atoms with van der Waals surface area (Å²) in [5, 5.41) is 8.12. The molecule has 12 heteroatoms. The molecule has 1 aliphatic heterocycles. The smallest absolute Gasteiger partial charge is 0.410 e. The molecule has 0 radical (unpaired) electrons. The maximum Gasteiger partial charge on any atom is 0.410 e. The average molecular weight is 610 g/mol. The van der Waals surface area contributed by atoms with Crippen molar-refractivity contribution in [1.82, 2.24) is 29.6 Å². The van der Waals surface area contributed by atoms with Gasteiger partial charge >= 0.3 is 6.09 Å². The molecule has 1 aliphatic rings. The number of aromatic nitrogens is 5. The molecule has 1 fully saturated rings. The number of benzene rings is 3. The summed E-state index contributed by atoms with van der Waals surface area (Å²) in [5.74, 6) is 0.596. The van der Waals surface area contributed by atoms with Crippen LogP contribution in [-0.4, -0.2) is 54.9 Å². The van der Waals surface area contributed by atoms with Crippen molar-refractivity contribution in [2.24, 2.45) is 7.05 Å². The van der Waals surface area contributed by atoms with Crippen molar-refractivity contribution in [3.8, 4) is 16.9 Å². The number of carbonyl (C=O) groups is 1. The highest BCUT2D eigenvalue weighted by atomic mass is 32.1. The molecule has 10 nitrogen and oxygen atoms in total. The number of amides is 1. The van der Waals surface area contributed by atoms with E-state index in [1.807, 2.05) is 55.7 Å². The number of piperidine rings is 1. The zero-order valence-corrected chi connectivity index (χ0v) is 24.6. The average Bonchev–Trinajstić information content (AvgIpc) is 3.72. The SMILES string of the molecule is Cn1cc(-c2cc(OC3CCN(C(=O)OCc4ccccc4)CC3)c3c(Nc4ccc5ncsc5c4F)ncnc3c2)cn1. The summed E-state index contributed by atoms with van der Waals surface area (Å²) < 4.78 is 29.8. The minimum atomic E-state index is -0.391. The van der Waals surface area contributed by atoms with Crippen molar-refractivity contribution in [1.29, 1.82) is 0 Å². The standard InChI is InChI=1S/C32H28FN7O3S/c1-39-16-22(15-37-39)21-13-26-28(31(35-18-34-26)38-24-7-8-25-30(29(24)33)44-19-36-25)27(14-21)43-23-9-11-40(12-10-23)32(41)42-17-20-5-3-2-4-6-20/h2-8,13-16,18-19,23H,9-12,17H2,1H3,(H,34,35,38).